The van der Waals surface area contributed by atoms with Crippen LogP contribution in [-0.4, -0.2) is 39.6 Å². The molecule has 2 heterocycles. The Morgan fingerprint density at radius 1 is 1.47 bits per heavy atom. The van der Waals surface area contributed by atoms with Crippen molar-refractivity contribution in [3.05, 3.63) is 18.0 Å². The van der Waals surface area contributed by atoms with Crippen molar-refractivity contribution in [2.45, 2.75) is 32.2 Å². The number of rotatable bonds is 3. The van der Waals surface area contributed by atoms with Gasteiger partial charge < -0.3 is 10.2 Å². The summed E-state index contributed by atoms with van der Waals surface area (Å²) in [5.41, 5.74) is 1.05. The number of aromatic nitrogens is 2. The predicted molar refractivity (Wildman–Crippen MR) is 70.2 cm³/mol. The molecular weight excluding hydrogens is 244 g/mol. The average molecular weight is 264 g/mol. The molecule has 104 valence electrons. The summed E-state index contributed by atoms with van der Waals surface area (Å²) in [5.74, 6) is -0.205. The maximum atomic E-state index is 12.2. The van der Waals surface area contributed by atoms with Crippen LogP contribution in [0, 0.1) is 0 Å². The van der Waals surface area contributed by atoms with Crippen LogP contribution in [-0.2, 0) is 16.6 Å². The van der Waals surface area contributed by atoms with E-state index in [1.165, 1.54) is 6.92 Å². The Labute approximate surface area is 112 Å². The van der Waals surface area contributed by atoms with E-state index in [1.54, 1.807) is 6.20 Å². The summed E-state index contributed by atoms with van der Waals surface area (Å²) < 4.78 is 1.81. The minimum absolute atomic E-state index is 0.0268. The van der Waals surface area contributed by atoms with Gasteiger partial charge in [0.15, 0.2) is 0 Å². The monoisotopic (exact) mass is 264 g/mol. The highest BCUT2D eigenvalue weighted by atomic mass is 16.2. The van der Waals surface area contributed by atoms with Crippen molar-refractivity contribution in [3.63, 3.8) is 0 Å². The van der Waals surface area contributed by atoms with Crippen molar-refractivity contribution in [3.8, 4) is 0 Å². The Bertz CT molecular complexity index is 469. The lowest BCUT2D eigenvalue weighted by Crippen LogP contribution is -2.44. The van der Waals surface area contributed by atoms with Crippen LogP contribution >= 0.6 is 0 Å². The molecule has 1 aromatic heterocycles. The van der Waals surface area contributed by atoms with Gasteiger partial charge in [-0.15, -0.1) is 0 Å². The van der Waals surface area contributed by atoms with Gasteiger partial charge in [-0.1, -0.05) is 0 Å². The molecular formula is C13H20N4O2. The summed E-state index contributed by atoms with van der Waals surface area (Å²) >= 11 is 0. The fourth-order valence-electron chi connectivity index (χ4n) is 2.55. The minimum Gasteiger partial charge on any atom is -0.347 e. The first kappa shape index (κ1) is 13.6. The van der Waals surface area contributed by atoms with Crippen molar-refractivity contribution in [1.82, 2.24) is 20.0 Å². The van der Waals surface area contributed by atoms with Crippen molar-refractivity contribution in [2.24, 2.45) is 7.05 Å². The summed E-state index contributed by atoms with van der Waals surface area (Å²) in [6.45, 7) is 2.24. The molecule has 1 atom stereocenters. The molecule has 2 rings (SSSR count). The Kier molecular flexibility index (Phi) is 4.19. The predicted octanol–water partition coefficient (Wildman–Crippen LogP) is 0.610. The Morgan fingerprint density at radius 3 is 2.89 bits per heavy atom. The van der Waals surface area contributed by atoms with E-state index in [1.807, 2.05) is 22.7 Å². The molecule has 1 aromatic rings. The molecule has 1 unspecified atom stereocenters. The van der Waals surface area contributed by atoms with E-state index in [2.05, 4.69) is 10.4 Å². The molecule has 0 spiro atoms. The van der Waals surface area contributed by atoms with E-state index < -0.39 is 0 Å². The number of carbonyl (C=O) groups excluding carboxylic acids is 2. The molecule has 0 saturated carbocycles. The molecule has 0 aromatic carbocycles. The Hall–Kier alpha value is -1.85. The van der Waals surface area contributed by atoms with E-state index in [0.29, 0.717) is 0 Å². The first-order chi connectivity index (χ1) is 9.09. The number of piperidine rings is 1. The van der Waals surface area contributed by atoms with Gasteiger partial charge in [-0.3, -0.25) is 14.3 Å². The van der Waals surface area contributed by atoms with Gasteiger partial charge >= 0.3 is 0 Å². The number of amides is 2. The average Bonchev–Trinajstić information content (AvgIpc) is 2.82. The molecule has 0 radical (unpaired) electrons. The number of hydrogen-bond donors (Lipinski definition) is 1. The van der Waals surface area contributed by atoms with Crippen LogP contribution < -0.4 is 5.32 Å². The van der Waals surface area contributed by atoms with Crippen LogP contribution in [0.15, 0.2) is 12.3 Å². The van der Waals surface area contributed by atoms with Gasteiger partial charge in [0, 0.05) is 26.7 Å². The van der Waals surface area contributed by atoms with E-state index in [-0.39, 0.29) is 24.4 Å². The minimum atomic E-state index is -0.178. The lowest BCUT2D eigenvalue weighted by atomic mass is 9.99. The van der Waals surface area contributed by atoms with Crippen LogP contribution in [0.5, 0.6) is 0 Å². The standard InChI is InChI=1S/C13H20N4O2/c1-10(18)14-9-13(19)17-8-4-3-5-12(17)11-6-7-15-16(11)2/h6-7,12H,3-5,8-9H2,1-2H3,(H,14,18). The second-order valence-electron chi connectivity index (χ2n) is 4.89. The molecule has 1 N–H and O–H groups in total. The lowest BCUT2D eigenvalue weighted by molar-refractivity contribution is -0.136. The quantitative estimate of drug-likeness (QED) is 0.869. The van der Waals surface area contributed by atoms with Crippen molar-refractivity contribution in [1.29, 1.82) is 0 Å². The van der Waals surface area contributed by atoms with E-state index in [4.69, 9.17) is 0 Å². The third-order valence-electron chi connectivity index (χ3n) is 3.51. The molecule has 2 amide bonds. The van der Waals surface area contributed by atoms with Gasteiger partial charge in [-0.25, -0.2) is 0 Å². The maximum Gasteiger partial charge on any atom is 0.242 e. The Morgan fingerprint density at radius 2 is 2.26 bits per heavy atom. The third kappa shape index (κ3) is 3.13. The van der Waals surface area contributed by atoms with E-state index in [9.17, 15) is 9.59 Å². The number of nitrogens with zero attached hydrogens (tertiary/aromatic N) is 3. The molecule has 1 fully saturated rings. The van der Waals surface area contributed by atoms with Gasteiger partial charge in [0.25, 0.3) is 0 Å². The summed E-state index contributed by atoms with van der Waals surface area (Å²) in [6, 6.07) is 2.02. The summed E-state index contributed by atoms with van der Waals surface area (Å²) in [5, 5.41) is 6.74. The normalized spacial score (nSPS) is 19.3. The van der Waals surface area contributed by atoms with E-state index >= 15 is 0 Å². The molecule has 0 bridgehead atoms. The number of nitrogens with one attached hydrogen (secondary N) is 1. The van der Waals surface area contributed by atoms with Gasteiger partial charge in [0.1, 0.15) is 0 Å². The van der Waals surface area contributed by atoms with Gasteiger partial charge in [-0.05, 0) is 25.3 Å². The molecule has 1 aliphatic heterocycles. The molecule has 19 heavy (non-hydrogen) atoms. The second kappa shape index (κ2) is 5.86. The highest BCUT2D eigenvalue weighted by molar-refractivity contribution is 5.84. The van der Waals surface area contributed by atoms with E-state index in [0.717, 1.165) is 31.5 Å². The summed E-state index contributed by atoms with van der Waals surface area (Å²) in [7, 11) is 1.89. The molecule has 6 nitrogen and oxygen atoms in total. The van der Waals surface area contributed by atoms with Gasteiger partial charge in [-0.2, -0.15) is 5.10 Å². The molecule has 6 heteroatoms. The van der Waals surface area contributed by atoms with Gasteiger partial charge in [0.2, 0.25) is 11.8 Å². The smallest absolute Gasteiger partial charge is 0.242 e. The zero-order chi connectivity index (χ0) is 13.8. The number of carbonyl (C=O) groups is 2. The maximum absolute atomic E-state index is 12.2. The highest BCUT2D eigenvalue weighted by Crippen LogP contribution is 2.30. The molecule has 0 aliphatic carbocycles. The SMILES string of the molecule is CC(=O)NCC(=O)N1CCCCC1c1ccnn1C. The van der Waals surface area contributed by atoms with Crippen LogP contribution in [0.25, 0.3) is 0 Å². The zero-order valence-electron chi connectivity index (χ0n) is 11.4. The van der Waals surface area contributed by atoms with Crippen LogP contribution in [0.3, 0.4) is 0 Å². The number of aryl methyl sites for hydroxylation is 1. The van der Waals surface area contributed by atoms with Crippen LogP contribution in [0.4, 0.5) is 0 Å². The zero-order valence-corrected chi connectivity index (χ0v) is 11.4. The van der Waals surface area contributed by atoms with Crippen LogP contribution in [0.1, 0.15) is 37.9 Å². The lowest BCUT2D eigenvalue weighted by Gasteiger charge is -2.35. The highest BCUT2D eigenvalue weighted by Gasteiger charge is 2.29. The molecule has 1 saturated heterocycles. The largest absolute Gasteiger partial charge is 0.347 e. The Balaban J connectivity index is 2.10. The molecule has 1 aliphatic rings. The van der Waals surface area contributed by atoms with Crippen molar-refractivity contribution >= 4 is 11.8 Å². The summed E-state index contributed by atoms with van der Waals surface area (Å²) in [4.78, 5) is 25.0. The first-order valence-corrected chi connectivity index (χ1v) is 6.61. The first-order valence-electron chi connectivity index (χ1n) is 6.61. The second-order valence-corrected chi connectivity index (χ2v) is 4.89. The van der Waals surface area contributed by atoms with Crippen molar-refractivity contribution in [2.75, 3.05) is 13.1 Å². The fourth-order valence-corrected chi connectivity index (χ4v) is 2.55. The topological polar surface area (TPSA) is 67.2 Å². The van der Waals surface area contributed by atoms with Crippen molar-refractivity contribution < 1.29 is 9.59 Å². The third-order valence-corrected chi connectivity index (χ3v) is 3.51. The number of hydrogen-bond acceptors (Lipinski definition) is 3. The fraction of sp³-hybridized carbons (Fsp3) is 0.615. The van der Waals surface area contributed by atoms with Gasteiger partial charge in [0.05, 0.1) is 18.3 Å². The summed E-state index contributed by atoms with van der Waals surface area (Å²) in [6.07, 6.45) is 4.83. The number of likely N-dealkylation sites (tertiary alicyclic amines) is 1. The van der Waals surface area contributed by atoms with Crippen LogP contribution in [0.2, 0.25) is 0 Å².